The number of anilines is 1. The molecule has 11 heteroatoms. The van der Waals surface area contributed by atoms with Crippen molar-refractivity contribution in [3.8, 4) is 22.8 Å². The zero-order valence-corrected chi connectivity index (χ0v) is 15.8. The lowest BCUT2D eigenvalue weighted by Crippen LogP contribution is -2.37. The van der Waals surface area contributed by atoms with Crippen molar-refractivity contribution < 1.29 is 36.7 Å². The maximum Gasteiger partial charge on any atom is 0.418 e. The minimum Gasteiger partial charge on any atom is -0.478 e. The van der Waals surface area contributed by atoms with E-state index in [-0.39, 0.29) is 28.5 Å². The summed E-state index contributed by atoms with van der Waals surface area (Å²) in [6.07, 6.45) is -4.61. The number of aromatic nitrogens is 2. The Morgan fingerprint density at radius 1 is 1.06 bits per heavy atom. The third-order valence-corrected chi connectivity index (χ3v) is 4.78. The molecule has 0 amide bonds. The maximum absolute atomic E-state index is 13.9. The van der Waals surface area contributed by atoms with E-state index in [1.165, 1.54) is 18.2 Å². The molecular weight excluding hydrogens is 422 g/mol. The van der Waals surface area contributed by atoms with E-state index in [0.717, 1.165) is 18.2 Å². The fourth-order valence-corrected chi connectivity index (χ4v) is 3.26. The van der Waals surface area contributed by atoms with Gasteiger partial charge in [0.2, 0.25) is 5.82 Å². The Morgan fingerprint density at radius 3 is 2.42 bits per heavy atom. The lowest BCUT2D eigenvalue weighted by atomic mass is 10.1. The molecule has 1 fully saturated rings. The number of morpholine rings is 1. The first-order valence-corrected chi connectivity index (χ1v) is 9.15. The molecule has 1 aliphatic heterocycles. The summed E-state index contributed by atoms with van der Waals surface area (Å²) in [6.45, 7) is 1.35. The zero-order chi connectivity index (χ0) is 22.2. The van der Waals surface area contributed by atoms with E-state index in [9.17, 15) is 22.4 Å². The Hall–Kier alpha value is -3.47. The molecule has 4 rings (SSSR count). The molecule has 3 aromatic rings. The van der Waals surface area contributed by atoms with Crippen molar-refractivity contribution >= 4 is 11.7 Å². The second kappa shape index (κ2) is 7.99. The van der Waals surface area contributed by atoms with E-state index in [0.29, 0.717) is 26.3 Å². The van der Waals surface area contributed by atoms with Crippen molar-refractivity contribution in [1.82, 2.24) is 10.1 Å². The van der Waals surface area contributed by atoms with E-state index in [2.05, 4.69) is 10.1 Å². The highest BCUT2D eigenvalue weighted by atomic mass is 19.4. The van der Waals surface area contributed by atoms with Gasteiger partial charge < -0.3 is 19.3 Å². The van der Waals surface area contributed by atoms with Gasteiger partial charge in [-0.25, -0.2) is 9.18 Å². The first-order chi connectivity index (χ1) is 14.7. The van der Waals surface area contributed by atoms with Crippen LogP contribution in [0.1, 0.15) is 15.9 Å². The van der Waals surface area contributed by atoms with Crippen LogP contribution in [0.3, 0.4) is 0 Å². The summed E-state index contributed by atoms with van der Waals surface area (Å²) in [5.74, 6) is -2.70. The molecule has 31 heavy (non-hydrogen) atoms. The molecule has 1 saturated heterocycles. The summed E-state index contributed by atoms with van der Waals surface area (Å²) in [5.41, 5.74) is -1.17. The predicted molar refractivity (Wildman–Crippen MR) is 100 cm³/mol. The maximum atomic E-state index is 13.9. The SMILES string of the molecule is O=C(O)c1ccc(-c2noc(-c3ccc(N4CCOCC4)c(C(F)(F)F)c3)n2)cc1F. The first-order valence-electron chi connectivity index (χ1n) is 9.15. The van der Waals surface area contributed by atoms with E-state index in [1.54, 1.807) is 4.90 Å². The number of hydrogen-bond acceptors (Lipinski definition) is 6. The highest BCUT2D eigenvalue weighted by molar-refractivity contribution is 5.88. The normalized spacial score (nSPS) is 14.6. The number of carboxylic acid groups (broad SMARTS) is 1. The molecule has 2 aromatic carbocycles. The molecule has 0 atom stereocenters. The topological polar surface area (TPSA) is 88.7 Å². The summed E-state index contributed by atoms with van der Waals surface area (Å²) in [4.78, 5) is 16.6. The molecule has 0 unspecified atom stereocenters. The fourth-order valence-electron chi connectivity index (χ4n) is 3.26. The van der Waals surface area contributed by atoms with Crippen LogP contribution in [-0.2, 0) is 10.9 Å². The molecule has 1 aromatic heterocycles. The number of rotatable bonds is 4. The van der Waals surface area contributed by atoms with Crippen LogP contribution in [0.2, 0.25) is 0 Å². The summed E-state index contributed by atoms with van der Waals surface area (Å²) in [7, 11) is 0. The Kier molecular flexibility index (Phi) is 5.36. The molecule has 1 N–H and O–H groups in total. The standard InChI is InChI=1S/C20H15F4N3O4/c21-15-10-11(1-3-13(15)19(28)29)17-25-18(31-26-17)12-2-4-16(14(9-12)20(22,23)24)27-5-7-30-8-6-27/h1-4,9-10H,5-8H2,(H,28,29). The van der Waals surface area contributed by atoms with Crippen LogP contribution in [0.25, 0.3) is 22.8 Å². The lowest BCUT2D eigenvalue weighted by Gasteiger charge is -2.31. The van der Waals surface area contributed by atoms with Crippen LogP contribution >= 0.6 is 0 Å². The molecule has 0 saturated carbocycles. The predicted octanol–water partition coefficient (Wildman–Crippen LogP) is 4.10. The van der Waals surface area contributed by atoms with Crippen LogP contribution in [-0.4, -0.2) is 47.5 Å². The average molecular weight is 437 g/mol. The van der Waals surface area contributed by atoms with Crippen molar-refractivity contribution in [3.63, 3.8) is 0 Å². The second-order valence-corrected chi connectivity index (χ2v) is 6.75. The van der Waals surface area contributed by atoms with Gasteiger partial charge in [0.15, 0.2) is 0 Å². The Balaban J connectivity index is 1.68. The third-order valence-electron chi connectivity index (χ3n) is 4.78. The quantitative estimate of drug-likeness (QED) is 0.615. The van der Waals surface area contributed by atoms with Crippen LogP contribution < -0.4 is 4.90 Å². The van der Waals surface area contributed by atoms with Crippen LogP contribution in [0.4, 0.5) is 23.2 Å². The number of hydrogen-bond donors (Lipinski definition) is 1. The second-order valence-electron chi connectivity index (χ2n) is 6.75. The van der Waals surface area contributed by atoms with Gasteiger partial charge in [0.05, 0.1) is 24.3 Å². The van der Waals surface area contributed by atoms with Gasteiger partial charge in [0.25, 0.3) is 5.89 Å². The zero-order valence-electron chi connectivity index (χ0n) is 15.8. The highest BCUT2D eigenvalue weighted by Crippen LogP contribution is 2.39. The van der Waals surface area contributed by atoms with Gasteiger partial charge in [-0.1, -0.05) is 5.16 Å². The smallest absolute Gasteiger partial charge is 0.418 e. The molecular formula is C20H15F4N3O4. The van der Waals surface area contributed by atoms with Crippen molar-refractivity contribution in [1.29, 1.82) is 0 Å². The minimum atomic E-state index is -4.61. The minimum absolute atomic E-state index is 0.0330. The number of aromatic carboxylic acids is 1. The number of benzene rings is 2. The van der Waals surface area contributed by atoms with Gasteiger partial charge in [-0.2, -0.15) is 18.2 Å². The number of carbonyl (C=O) groups is 1. The molecule has 162 valence electrons. The monoisotopic (exact) mass is 437 g/mol. The van der Waals surface area contributed by atoms with E-state index in [4.69, 9.17) is 14.4 Å². The molecule has 0 spiro atoms. The van der Waals surface area contributed by atoms with Gasteiger partial charge in [0, 0.05) is 29.9 Å². The number of carboxylic acids is 1. The van der Waals surface area contributed by atoms with Crippen LogP contribution in [0.15, 0.2) is 40.9 Å². The molecule has 0 bridgehead atoms. The van der Waals surface area contributed by atoms with Crippen molar-refractivity contribution in [3.05, 3.63) is 53.3 Å². The van der Waals surface area contributed by atoms with Gasteiger partial charge in [-0.05, 0) is 36.4 Å². The summed E-state index contributed by atoms with van der Waals surface area (Å²) in [5, 5.41) is 12.6. The summed E-state index contributed by atoms with van der Waals surface area (Å²) < 4.78 is 65.3. The molecule has 0 aliphatic carbocycles. The van der Waals surface area contributed by atoms with Gasteiger partial charge in [0.1, 0.15) is 5.82 Å². The van der Waals surface area contributed by atoms with Crippen molar-refractivity contribution in [2.24, 2.45) is 0 Å². The first kappa shape index (κ1) is 20.8. The number of halogens is 4. The average Bonchev–Trinajstić information content (AvgIpc) is 3.23. The van der Waals surface area contributed by atoms with Crippen LogP contribution in [0, 0.1) is 5.82 Å². The van der Waals surface area contributed by atoms with E-state index in [1.807, 2.05) is 0 Å². The van der Waals surface area contributed by atoms with Gasteiger partial charge in [-0.15, -0.1) is 0 Å². The van der Waals surface area contributed by atoms with Gasteiger partial charge >= 0.3 is 12.1 Å². The molecule has 1 aliphatic rings. The summed E-state index contributed by atoms with van der Waals surface area (Å²) >= 11 is 0. The largest absolute Gasteiger partial charge is 0.478 e. The molecule has 7 nitrogen and oxygen atoms in total. The van der Waals surface area contributed by atoms with E-state index < -0.39 is 29.1 Å². The Bertz CT molecular complexity index is 1120. The fraction of sp³-hybridized carbons (Fsp3) is 0.250. The molecule has 0 radical (unpaired) electrons. The lowest BCUT2D eigenvalue weighted by molar-refractivity contribution is -0.137. The molecule has 2 heterocycles. The number of ether oxygens (including phenoxy) is 1. The van der Waals surface area contributed by atoms with Gasteiger partial charge in [-0.3, -0.25) is 0 Å². The summed E-state index contributed by atoms with van der Waals surface area (Å²) in [6, 6.07) is 6.95. The van der Waals surface area contributed by atoms with Crippen molar-refractivity contribution in [2.45, 2.75) is 6.18 Å². The van der Waals surface area contributed by atoms with Crippen LogP contribution in [0.5, 0.6) is 0 Å². The third kappa shape index (κ3) is 4.22. The van der Waals surface area contributed by atoms with E-state index >= 15 is 0 Å². The number of nitrogens with zero attached hydrogens (tertiary/aromatic N) is 3. The Morgan fingerprint density at radius 2 is 1.77 bits per heavy atom. The Labute approximate surface area is 172 Å². The highest BCUT2D eigenvalue weighted by Gasteiger charge is 2.36. The number of alkyl halides is 3. The van der Waals surface area contributed by atoms with Crippen molar-refractivity contribution in [2.75, 3.05) is 31.2 Å².